The average Bonchev–Trinajstić information content (AvgIpc) is 3.05. The first-order valence-corrected chi connectivity index (χ1v) is 6.56. The van der Waals surface area contributed by atoms with E-state index in [2.05, 4.69) is 20.5 Å². The van der Waals surface area contributed by atoms with Crippen LogP contribution in [0.25, 0.3) is 0 Å². The van der Waals surface area contributed by atoms with Gasteiger partial charge in [0.2, 0.25) is 11.7 Å². The number of H-pyrrole nitrogens is 1. The summed E-state index contributed by atoms with van der Waals surface area (Å²) in [5, 5.41) is 9.10. The molecule has 0 atom stereocenters. The van der Waals surface area contributed by atoms with Crippen molar-refractivity contribution in [2.75, 3.05) is 19.6 Å². The SMILES string of the molecule is CC(C)c1nc(C(=O)NCC(=O)N2CCCC2)n[nH]1. The van der Waals surface area contributed by atoms with Crippen LogP contribution in [0.3, 0.4) is 0 Å². The number of nitrogens with zero attached hydrogens (tertiary/aromatic N) is 3. The van der Waals surface area contributed by atoms with Gasteiger partial charge < -0.3 is 10.2 Å². The first-order valence-electron chi connectivity index (χ1n) is 6.56. The van der Waals surface area contributed by atoms with E-state index in [4.69, 9.17) is 0 Å². The topological polar surface area (TPSA) is 91.0 Å². The first-order chi connectivity index (χ1) is 9.08. The Morgan fingerprint density at radius 3 is 2.63 bits per heavy atom. The molecule has 7 heteroatoms. The fourth-order valence-corrected chi connectivity index (χ4v) is 1.95. The van der Waals surface area contributed by atoms with Crippen LogP contribution in [0.1, 0.15) is 49.1 Å². The molecule has 0 saturated carbocycles. The van der Waals surface area contributed by atoms with Gasteiger partial charge in [-0.1, -0.05) is 13.8 Å². The standard InChI is InChI=1S/C12H19N5O2/c1-8(2)10-14-11(16-15-10)12(19)13-7-9(18)17-5-3-4-6-17/h8H,3-7H2,1-2H3,(H,13,19)(H,14,15,16). The largest absolute Gasteiger partial charge is 0.341 e. The highest BCUT2D eigenvalue weighted by Crippen LogP contribution is 2.08. The van der Waals surface area contributed by atoms with Crippen LogP contribution in [-0.2, 0) is 4.79 Å². The Bertz CT molecular complexity index is 462. The minimum absolute atomic E-state index is 0.00435. The fraction of sp³-hybridized carbons (Fsp3) is 0.667. The average molecular weight is 265 g/mol. The lowest BCUT2D eigenvalue weighted by molar-refractivity contribution is -0.129. The highest BCUT2D eigenvalue weighted by molar-refractivity contribution is 5.93. The van der Waals surface area contributed by atoms with Gasteiger partial charge in [-0.25, -0.2) is 4.98 Å². The van der Waals surface area contributed by atoms with Crippen molar-refractivity contribution in [3.63, 3.8) is 0 Å². The predicted octanol–water partition coefficient (Wildman–Crippen LogP) is 0.280. The number of nitrogens with one attached hydrogen (secondary N) is 2. The number of likely N-dealkylation sites (tertiary alicyclic amines) is 1. The van der Waals surface area contributed by atoms with Crippen LogP contribution >= 0.6 is 0 Å². The van der Waals surface area contributed by atoms with Crippen LogP contribution in [0.4, 0.5) is 0 Å². The molecule has 0 radical (unpaired) electrons. The Kier molecular flexibility index (Phi) is 4.13. The molecule has 0 unspecified atom stereocenters. The monoisotopic (exact) mass is 265 g/mol. The molecular formula is C12H19N5O2. The summed E-state index contributed by atoms with van der Waals surface area (Å²) in [6.07, 6.45) is 2.08. The van der Waals surface area contributed by atoms with Crippen LogP contribution in [0.2, 0.25) is 0 Å². The van der Waals surface area contributed by atoms with Gasteiger partial charge in [-0.2, -0.15) is 0 Å². The number of carbonyl (C=O) groups is 2. The molecule has 1 aromatic heterocycles. The van der Waals surface area contributed by atoms with Gasteiger partial charge in [0.05, 0.1) is 6.54 Å². The van der Waals surface area contributed by atoms with Crippen molar-refractivity contribution in [1.29, 1.82) is 0 Å². The molecule has 0 spiro atoms. The van der Waals surface area contributed by atoms with E-state index >= 15 is 0 Å². The van der Waals surface area contributed by atoms with Crippen molar-refractivity contribution in [2.24, 2.45) is 0 Å². The molecule has 2 N–H and O–H groups in total. The lowest BCUT2D eigenvalue weighted by atomic mass is 10.2. The zero-order valence-corrected chi connectivity index (χ0v) is 11.3. The molecule has 2 rings (SSSR count). The minimum atomic E-state index is -0.421. The number of aromatic nitrogens is 3. The lowest BCUT2D eigenvalue weighted by Gasteiger charge is -2.14. The summed E-state index contributed by atoms with van der Waals surface area (Å²) in [5.74, 6) is 0.454. The van der Waals surface area contributed by atoms with Gasteiger partial charge >= 0.3 is 0 Å². The molecular weight excluding hydrogens is 246 g/mol. The Morgan fingerprint density at radius 2 is 2.05 bits per heavy atom. The van der Waals surface area contributed by atoms with Gasteiger partial charge in [0.15, 0.2) is 0 Å². The normalized spacial score (nSPS) is 15.0. The molecule has 1 aliphatic heterocycles. The first kappa shape index (κ1) is 13.5. The van der Waals surface area contributed by atoms with E-state index in [0.29, 0.717) is 5.82 Å². The molecule has 19 heavy (non-hydrogen) atoms. The molecule has 2 heterocycles. The molecule has 1 saturated heterocycles. The third-order valence-electron chi connectivity index (χ3n) is 3.11. The second kappa shape index (κ2) is 5.81. The second-order valence-electron chi connectivity index (χ2n) is 4.97. The Hall–Kier alpha value is -1.92. The summed E-state index contributed by atoms with van der Waals surface area (Å²) in [7, 11) is 0. The Morgan fingerprint density at radius 1 is 1.37 bits per heavy atom. The highest BCUT2D eigenvalue weighted by atomic mass is 16.2. The van der Waals surface area contributed by atoms with E-state index in [1.807, 2.05) is 13.8 Å². The fourth-order valence-electron chi connectivity index (χ4n) is 1.95. The molecule has 104 valence electrons. The van der Waals surface area contributed by atoms with Crippen LogP contribution < -0.4 is 5.32 Å². The van der Waals surface area contributed by atoms with Gasteiger partial charge in [0.25, 0.3) is 5.91 Å². The van der Waals surface area contributed by atoms with Crippen molar-refractivity contribution in [2.45, 2.75) is 32.6 Å². The molecule has 0 aromatic carbocycles. The highest BCUT2D eigenvalue weighted by Gasteiger charge is 2.20. The molecule has 0 bridgehead atoms. The summed E-state index contributed by atoms with van der Waals surface area (Å²) in [6.45, 7) is 5.49. The van der Waals surface area contributed by atoms with Crippen LogP contribution in [0, 0.1) is 0 Å². The van der Waals surface area contributed by atoms with Crippen LogP contribution in [-0.4, -0.2) is 51.5 Å². The summed E-state index contributed by atoms with van der Waals surface area (Å²) in [4.78, 5) is 29.4. The zero-order valence-electron chi connectivity index (χ0n) is 11.3. The Balaban J connectivity index is 1.84. The van der Waals surface area contributed by atoms with Gasteiger partial charge in [0.1, 0.15) is 5.82 Å². The van der Waals surface area contributed by atoms with Crippen molar-refractivity contribution >= 4 is 11.8 Å². The summed E-state index contributed by atoms with van der Waals surface area (Å²) in [5.41, 5.74) is 0. The zero-order chi connectivity index (χ0) is 13.8. The van der Waals surface area contributed by atoms with Crippen LogP contribution in [0.15, 0.2) is 0 Å². The molecule has 1 aromatic rings. The van der Waals surface area contributed by atoms with E-state index in [-0.39, 0.29) is 24.2 Å². The van der Waals surface area contributed by atoms with Crippen molar-refractivity contribution in [1.82, 2.24) is 25.4 Å². The van der Waals surface area contributed by atoms with E-state index in [0.717, 1.165) is 25.9 Å². The number of hydrogen-bond acceptors (Lipinski definition) is 4. The summed E-state index contributed by atoms with van der Waals surface area (Å²) >= 11 is 0. The quantitative estimate of drug-likeness (QED) is 0.818. The van der Waals surface area contributed by atoms with Gasteiger partial charge in [-0.05, 0) is 12.8 Å². The lowest BCUT2D eigenvalue weighted by Crippen LogP contribution is -2.38. The number of hydrogen-bond donors (Lipinski definition) is 2. The Labute approximate surface area is 111 Å². The van der Waals surface area contributed by atoms with Gasteiger partial charge in [-0.3, -0.25) is 14.7 Å². The van der Waals surface area contributed by atoms with Gasteiger partial charge in [0, 0.05) is 19.0 Å². The number of carbonyl (C=O) groups excluding carboxylic acids is 2. The minimum Gasteiger partial charge on any atom is -0.341 e. The van der Waals surface area contributed by atoms with Crippen LogP contribution in [0.5, 0.6) is 0 Å². The van der Waals surface area contributed by atoms with E-state index in [9.17, 15) is 9.59 Å². The smallest absolute Gasteiger partial charge is 0.291 e. The molecule has 2 amide bonds. The summed E-state index contributed by atoms with van der Waals surface area (Å²) < 4.78 is 0. The maximum atomic E-state index is 11.8. The van der Waals surface area contributed by atoms with E-state index in [1.165, 1.54) is 0 Å². The third-order valence-corrected chi connectivity index (χ3v) is 3.11. The summed E-state index contributed by atoms with van der Waals surface area (Å²) in [6, 6.07) is 0. The third kappa shape index (κ3) is 3.30. The van der Waals surface area contributed by atoms with Gasteiger partial charge in [-0.15, -0.1) is 5.10 Å². The van der Waals surface area contributed by atoms with Crippen molar-refractivity contribution in [3.8, 4) is 0 Å². The molecule has 7 nitrogen and oxygen atoms in total. The van der Waals surface area contributed by atoms with E-state index < -0.39 is 5.91 Å². The molecule has 0 aliphatic carbocycles. The molecule has 1 aliphatic rings. The van der Waals surface area contributed by atoms with E-state index in [1.54, 1.807) is 4.90 Å². The second-order valence-corrected chi connectivity index (χ2v) is 4.97. The maximum absolute atomic E-state index is 11.8. The maximum Gasteiger partial charge on any atom is 0.291 e. The molecule has 1 fully saturated rings. The van der Waals surface area contributed by atoms with Crippen molar-refractivity contribution in [3.05, 3.63) is 11.6 Å². The predicted molar refractivity (Wildman–Crippen MR) is 68.6 cm³/mol. The number of amides is 2. The van der Waals surface area contributed by atoms with Crippen molar-refractivity contribution < 1.29 is 9.59 Å². The number of aromatic amines is 1. The number of rotatable bonds is 4.